The van der Waals surface area contributed by atoms with Crippen molar-refractivity contribution in [2.24, 2.45) is 0 Å². The largest absolute Gasteiger partial charge is 0.336 e. The van der Waals surface area contributed by atoms with Crippen molar-refractivity contribution in [2.45, 2.75) is 13.3 Å². The summed E-state index contributed by atoms with van der Waals surface area (Å²) in [4.78, 5) is 29.3. The zero-order valence-electron chi connectivity index (χ0n) is 15.7. The van der Waals surface area contributed by atoms with Gasteiger partial charge in [-0.15, -0.1) is 0 Å². The summed E-state index contributed by atoms with van der Waals surface area (Å²) in [5.41, 5.74) is 2.70. The predicted octanol–water partition coefficient (Wildman–Crippen LogP) is 3.54. The summed E-state index contributed by atoms with van der Waals surface area (Å²) in [6, 6.07) is 12.5. The van der Waals surface area contributed by atoms with Crippen molar-refractivity contribution in [3.8, 4) is 0 Å². The molecule has 0 aliphatic carbocycles. The van der Waals surface area contributed by atoms with E-state index in [1.807, 2.05) is 24.1 Å². The SMILES string of the molecule is CCc1ccc(C(=O)Nc2cc(C(=O)N3CCN(C)CC3)ccc2Cl)cc1. The number of likely N-dealkylation sites (N-methyl/N-ethyl adjacent to an activating group) is 1. The minimum absolute atomic E-state index is 0.0393. The van der Waals surface area contributed by atoms with Crippen LogP contribution in [0.1, 0.15) is 33.2 Å². The minimum Gasteiger partial charge on any atom is -0.336 e. The first-order chi connectivity index (χ1) is 13.0. The monoisotopic (exact) mass is 385 g/mol. The minimum atomic E-state index is -0.247. The van der Waals surface area contributed by atoms with Crippen molar-refractivity contribution in [3.05, 3.63) is 64.2 Å². The smallest absolute Gasteiger partial charge is 0.255 e. The highest BCUT2D eigenvalue weighted by Gasteiger charge is 2.21. The van der Waals surface area contributed by atoms with Gasteiger partial charge in [-0.25, -0.2) is 0 Å². The molecule has 1 saturated heterocycles. The molecule has 0 unspecified atom stereocenters. The lowest BCUT2D eigenvalue weighted by atomic mass is 10.1. The first kappa shape index (κ1) is 19.4. The van der Waals surface area contributed by atoms with Crippen molar-refractivity contribution in [1.29, 1.82) is 0 Å². The van der Waals surface area contributed by atoms with Crippen LogP contribution in [0.4, 0.5) is 5.69 Å². The van der Waals surface area contributed by atoms with Crippen LogP contribution in [0.2, 0.25) is 5.02 Å². The number of aryl methyl sites for hydroxylation is 1. The normalized spacial score (nSPS) is 14.9. The Bertz CT molecular complexity index is 828. The molecule has 2 aromatic carbocycles. The molecule has 0 bridgehead atoms. The summed E-state index contributed by atoms with van der Waals surface area (Å²) >= 11 is 6.24. The fraction of sp³-hybridized carbons (Fsp3) is 0.333. The number of benzene rings is 2. The van der Waals surface area contributed by atoms with Gasteiger partial charge in [-0.1, -0.05) is 30.7 Å². The molecule has 0 saturated carbocycles. The molecule has 2 aromatic rings. The van der Waals surface area contributed by atoms with E-state index in [9.17, 15) is 9.59 Å². The number of piperazine rings is 1. The summed E-state index contributed by atoms with van der Waals surface area (Å²) in [6.07, 6.45) is 0.921. The van der Waals surface area contributed by atoms with Gasteiger partial charge >= 0.3 is 0 Å². The molecule has 0 radical (unpaired) electrons. The van der Waals surface area contributed by atoms with Crippen LogP contribution in [0.15, 0.2) is 42.5 Å². The van der Waals surface area contributed by atoms with Crippen LogP contribution in [0, 0.1) is 0 Å². The van der Waals surface area contributed by atoms with Crippen molar-refractivity contribution in [1.82, 2.24) is 9.80 Å². The Morgan fingerprint density at radius 1 is 1.00 bits per heavy atom. The van der Waals surface area contributed by atoms with Crippen LogP contribution in [0.3, 0.4) is 0 Å². The second-order valence-corrected chi connectivity index (χ2v) is 7.20. The summed E-state index contributed by atoms with van der Waals surface area (Å²) in [5, 5.41) is 3.23. The molecular weight excluding hydrogens is 362 g/mol. The van der Waals surface area contributed by atoms with Gasteiger partial charge in [0.1, 0.15) is 0 Å². The Hall–Kier alpha value is -2.37. The highest BCUT2D eigenvalue weighted by molar-refractivity contribution is 6.34. The maximum absolute atomic E-state index is 12.7. The number of anilines is 1. The first-order valence-electron chi connectivity index (χ1n) is 9.15. The Kier molecular flexibility index (Phi) is 6.14. The highest BCUT2D eigenvalue weighted by atomic mass is 35.5. The average molecular weight is 386 g/mol. The third-order valence-electron chi connectivity index (χ3n) is 4.88. The third kappa shape index (κ3) is 4.67. The van der Waals surface area contributed by atoms with E-state index < -0.39 is 0 Å². The molecule has 27 heavy (non-hydrogen) atoms. The quantitative estimate of drug-likeness (QED) is 0.875. The lowest BCUT2D eigenvalue weighted by Gasteiger charge is -2.32. The zero-order valence-corrected chi connectivity index (χ0v) is 16.4. The van der Waals surface area contributed by atoms with Gasteiger partial charge in [0.05, 0.1) is 10.7 Å². The topological polar surface area (TPSA) is 52.7 Å². The number of hydrogen-bond donors (Lipinski definition) is 1. The standard InChI is InChI=1S/C21H24ClN3O2/c1-3-15-4-6-16(7-5-15)20(26)23-19-14-17(8-9-18(19)22)21(27)25-12-10-24(2)11-13-25/h4-9,14H,3,10-13H2,1-2H3,(H,23,26). The molecule has 3 rings (SSSR count). The van der Waals surface area contributed by atoms with Gasteiger partial charge in [0.15, 0.2) is 0 Å². The van der Waals surface area contributed by atoms with Gasteiger partial charge < -0.3 is 15.1 Å². The molecule has 1 fully saturated rings. The van der Waals surface area contributed by atoms with Gasteiger partial charge in [0, 0.05) is 37.3 Å². The number of halogens is 1. The fourth-order valence-electron chi connectivity index (χ4n) is 3.03. The van der Waals surface area contributed by atoms with Crippen molar-refractivity contribution >= 4 is 29.1 Å². The van der Waals surface area contributed by atoms with Crippen LogP contribution in [0.25, 0.3) is 0 Å². The first-order valence-corrected chi connectivity index (χ1v) is 9.53. The molecule has 1 heterocycles. The van der Waals surface area contributed by atoms with E-state index in [0.29, 0.717) is 34.9 Å². The van der Waals surface area contributed by atoms with Crippen molar-refractivity contribution in [2.75, 3.05) is 38.5 Å². The van der Waals surface area contributed by atoms with Gasteiger partial charge in [0.2, 0.25) is 0 Å². The number of nitrogens with zero attached hydrogens (tertiary/aromatic N) is 2. The summed E-state index contributed by atoms with van der Waals surface area (Å²) in [5.74, 6) is -0.286. The van der Waals surface area contributed by atoms with Gasteiger partial charge in [-0.05, 0) is 49.4 Å². The van der Waals surface area contributed by atoms with Crippen molar-refractivity contribution < 1.29 is 9.59 Å². The van der Waals surface area contributed by atoms with Gasteiger partial charge in [-0.2, -0.15) is 0 Å². The van der Waals surface area contributed by atoms with E-state index in [1.54, 1.807) is 30.3 Å². The molecular formula is C21H24ClN3O2. The average Bonchev–Trinajstić information content (AvgIpc) is 2.69. The van der Waals surface area contributed by atoms with E-state index >= 15 is 0 Å². The molecule has 0 spiro atoms. The van der Waals surface area contributed by atoms with Crippen LogP contribution >= 0.6 is 11.6 Å². The Labute approximate surface area is 164 Å². The summed E-state index contributed by atoms with van der Waals surface area (Å²) < 4.78 is 0. The van der Waals surface area contributed by atoms with Crippen LogP contribution < -0.4 is 5.32 Å². The van der Waals surface area contributed by atoms with E-state index in [-0.39, 0.29) is 11.8 Å². The van der Waals surface area contributed by atoms with Crippen LogP contribution in [0.5, 0.6) is 0 Å². The molecule has 1 aliphatic heterocycles. The van der Waals surface area contributed by atoms with Crippen LogP contribution in [-0.2, 0) is 6.42 Å². The van der Waals surface area contributed by atoms with E-state index in [2.05, 4.69) is 17.1 Å². The molecule has 1 aliphatic rings. The van der Waals surface area contributed by atoms with Gasteiger partial charge in [-0.3, -0.25) is 9.59 Å². The van der Waals surface area contributed by atoms with E-state index in [4.69, 9.17) is 11.6 Å². The highest BCUT2D eigenvalue weighted by Crippen LogP contribution is 2.25. The molecule has 2 amide bonds. The number of carbonyl (C=O) groups excluding carboxylic acids is 2. The maximum Gasteiger partial charge on any atom is 0.255 e. The molecule has 6 heteroatoms. The fourth-order valence-corrected chi connectivity index (χ4v) is 3.20. The lowest BCUT2D eigenvalue weighted by molar-refractivity contribution is 0.0664. The zero-order chi connectivity index (χ0) is 19.4. The molecule has 0 atom stereocenters. The van der Waals surface area contributed by atoms with Crippen LogP contribution in [-0.4, -0.2) is 54.8 Å². The van der Waals surface area contributed by atoms with E-state index in [0.717, 1.165) is 19.5 Å². The number of amides is 2. The molecule has 0 aromatic heterocycles. The van der Waals surface area contributed by atoms with Gasteiger partial charge in [0.25, 0.3) is 11.8 Å². The Balaban J connectivity index is 1.74. The molecule has 5 nitrogen and oxygen atoms in total. The number of hydrogen-bond acceptors (Lipinski definition) is 3. The number of carbonyl (C=O) groups is 2. The summed E-state index contributed by atoms with van der Waals surface area (Å²) in [7, 11) is 2.05. The Morgan fingerprint density at radius 3 is 2.26 bits per heavy atom. The lowest BCUT2D eigenvalue weighted by Crippen LogP contribution is -2.47. The molecule has 142 valence electrons. The van der Waals surface area contributed by atoms with Crippen molar-refractivity contribution in [3.63, 3.8) is 0 Å². The second-order valence-electron chi connectivity index (χ2n) is 6.79. The van der Waals surface area contributed by atoms with E-state index in [1.165, 1.54) is 5.56 Å². The maximum atomic E-state index is 12.7. The molecule has 1 N–H and O–H groups in total. The third-order valence-corrected chi connectivity index (χ3v) is 5.21. The second kappa shape index (κ2) is 8.55. The summed E-state index contributed by atoms with van der Waals surface area (Å²) in [6.45, 7) is 5.18. The number of nitrogens with one attached hydrogen (secondary N) is 1. The number of rotatable bonds is 4. The predicted molar refractivity (Wildman–Crippen MR) is 109 cm³/mol. The Morgan fingerprint density at radius 2 is 1.63 bits per heavy atom.